The van der Waals surface area contributed by atoms with Gasteiger partial charge in [-0.05, 0) is 24.6 Å². The summed E-state index contributed by atoms with van der Waals surface area (Å²) in [6.45, 7) is 2.00. The third kappa shape index (κ3) is 2.37. The van der Waals surface area contributed by atoms with E-state index in [1.165, 1.54) is 11.3 Å². The van der Waals surface area contributed by atoms with Crippen LogP contribution in [-0.2, 0) is 0 Å². The van der Waals surface area contributed by atoms with E-state index < -0.39 is 0 Å². The lowest BCUT2D eigenvalue weighted by atomic mass is 10.1. The van der Waals surface area contributed by atoms with Gasteiger partial charge in [-0.1, -0.05) is 11.6 Å². The van der Waals surface area contributed by atoms with Gasteiger partial charge in [0.15, 0.2) is 16.0 Å². The summed E-state index contributed by atoms with van der Waals surface area (Å²) in [5.74, 6) is 1.41. The van der Waals surface area contributed by atoms with Gasteiger partial charge in [-0.3, -0.25) is 0 Å². The summed E-state index contributed by atoms with van der Waals surface area (Å²) >= 11 is 7.26. The Morgan fingerprint density at radius 1 is 1.18 bits per heavy atom. The number of methoxy groups -OCH3 is 2. The van der Waals surface area contributed by atoms with E-state index in [1.54, 1.807) is 14.2 Å². The van der Waals surface area contributed by atoms with E-state index in [4.69, 9.17) is 21.1 Å². The highest BCUT2D eigenvalue weighted by atomic mass is 35.5. The van der Waals surface area contributed by atoms with Crippen molar-refractivity contribution in [3.8, 4) is 22.8 Å². The average Bonchev–Trinajstić information content (AvgIpc) is 2.75. The van der Waals surface area contributed by atoms with Crippen molar-refractivity contribution >= 4 is 22.9 Å². The van der Waals surface area contributed by atoms with Gasteiger partial charge in [0, 0.05) is 10.9 Å². The van der Waals surface area contributed by atoms with Crippen LogP contribution in [0.4, 0.5) is 0 Å². The van der Waals surface area contributed by atoms with Gasteiger partial charge < -0.3 is 9.47 Å². The second-order valence-corrected chi connectivity index (χ2v) is 4.95. The Morgan fingerprint density at radius 2 is 1.82 bits per heavy atom. The fraction of sp³-hybridized carbons (Fsp3) is 0.250. The van der Waals surface area contributed by atoms with Crippen LogP contribution in [0.3, 0.4) is 0 Å². The van der Waals surface area contributed by atoms with Gasteiger partial charge in [0.1, 0.15) is 0 Å². The van der Waals surface area contributed by atoms with Crippen LogP contribution in [0.15, 0.2) is 17.5 Å². The van der Waals surface area contributed by atoms with Gasteiger partial charge in [-0.2, -0.15) is 0 Å². The molecule has 1 aromatic heterocycles. The standard InChI is InChI=1S/C12H12ClNO2S/c1-7-4-10(15-2)11(16-3)5-8(7)9-6-17-12(13)14-9/h4-6H,1-3H3. The summed E-state index contributed by atoms with van der Waals surface area (Å²) < 4.78 is 11.1. The van der Waals surface area contributed by atoms with E-state index in [9.17, 15) is 0 Å². The van der Waals surface area contributed by atoms with Gasteiger partial charge in [-0.25, -0.2) is 4.98 Å². The first-order valence-electron chi connectivity index (χ1n) is 4.99. The molecule has 3 nitrogen and oxygen atoms in total. The molecule has 17 heavy (non-hydrogen) atoms. The molecule has 0 unspecified atom stereocenters. The van der Waals surface area contributed by atoms with Crippen molar-refractivity contribution in [1.82, 2.24) is 4.98 Å². The van der Waals surface area contributed by atoms with Gasteiger partial charge in [0.25, 0.3) is 0 Å². The molecule has 0 N–H and O–H groups in total. The largest absolute Gasteiger partial charge is 0.493 e. The van der Waals surface area contributed by atoms with Crippen molar-refractivity contribution < 1.29 is 9.47 Å². The number of ether oxygens (including phenoxy) is 2. The molecule has 0 fully saturated rings. The van der Waals surface area contributed by atoms with Crippen molar-refractivity contribution in [3.63, 3.8) is 0 Å². The minimum atomic E-state index is 0.536. The summed E-state index contributed by atoms with van der Waals surface area (Å²) in [4.78, 5) is 4.26. The molecule has 0 saturated carbocycles. The molecule has 0 bridgehead atoms. The molecule has 0 aliphatic heterocycles. The molecule has 0 aliphatic carbocycles. The van der Waals surface area contributed by atoms with Crippen molar-refractivity contribution in [2.45, 2.75) is 6.92 Å². The lowest BCUT2D eigenvalue weighted by Gasteiger charge is -2.11. The number of benzene rings is 1. The van der Waals surface area contributed by atoms with E-state index in [-0.39, 0.29) is 0 Å². The lowest BCUT2D eigenvalue weighted by molar-refractivity contribution is 0.355. The van der Waals surface area contributed by atoms with Crippen LogP contribution in [-0.4, -0.2) is 19.2 Å². The fourth-order valence-electron chi connectivity index (χ4n) is 1.63. The van der Waals surface area contributed by atoms with E-state index in [2.05, 4.69) is 4.98 Å². The minimum absolute atomic E-state index is 0.536. The molecule has 1 heterocycles. The maximum Gasteiger partial charge on any atom is 0.184 e. The Kier molecular flexibility index (Phi) is 3.54. The molecule has 0 saturated heterocycles. The summed E-state index contributed by atoms with van der Waals surface area (Å²) in [6, 6.07) is 3.85. The lowest BCUT2D eigenvalue weighted by Crippen LogP contribution is -1.93. The quantitative estimate of drug-likeness (QED) is 0.850. The average molecular weight is 270 g/mol. The van der Waals surface area contributed by atoms with Crippen molar-refractivity contribution in [2.75, 3.05) is 14.2 Å². The number of thiazole rings is 1. The van der Waals surface area contributed by atoms with Crippen LogP contribution in [0.1, 0.15) is 5.56 Å². The van der Waals surface area contributed by atoms with Crippen LogP contribution < -0.4 is 9.47 Å². The van der Waals surface area contributed by atoms with Crippen molar-refractivity contribution in [1.29, 1.82) is 0 Å². The monoisotopic (exact) mass is 269 g/mol. The molecule has 90 valence electrons. The molecular formula is C12H12ClNO2S. The molecule has 2 aromatic rings. The predicted molar refractivity (Wildman–Crippen MR) is 70.4 cm³/mol. The van der Waals surface area contributed by atoms with Crippen molar-refractivity contribution in [2.24, 2.45) is 0 Å². The summed E-state index contributed by atoms with van der Waals surface area (Å²) in [6.07, 6.45) is 0. The Hall–Kier alpha value is -1.26. The topological polar surface area (TPSA) is 31.4 Å². The highest BCUT2D eigenvalue weighted by molar-refractivity contribution is 7.14. The number of aromatic nitrogens is 1. The SMILES string of the molecule is COc1cc(C)c(-c2csc(Cl)n2)cc1OC. The maximum absolute atomic E-state index is 5.85. The first kappa shape index (κ1) is 12.2. The normalized spacial score (nSPS) is 10.4. The Balaban J connectivity index is 2.55. The van der Waals surface area contributed by atoms with Crippen LogP contribution in [0.25, 0.3) is 11.3 Å². The van der Waals surface area contributed by atoms with Gasteiger partial charge in [-0.15, -0.1) is 11.3 Å². The Bertz CT molecular complexity index is 539. The third-order valence-electron chi connectivity index (χ3n) is 2.48. The van der Waals surface area contributed by atoms with E-state index >= 15 is 0 Å². The molecular weight excluding hydrogens is 258 g/mol. The molecule has 2 rings (SSSR count). The highest BCUT2D eigenvalue weighted by Gasteiger charge is 2.12. The van der Waals surface area contributed by atoms with Crippen LogP contribution in [0.2, 0.25) is 4.47 Å². The fourth-order valence-corrected chi connectivity index (χ4v) is 2.40. The first-order chi connectivity index (χ1) is 8.15. The van der Waals surface area contributed by atoms with Gasteiger partial charge in [0.2, 0.25) is 0 Å². The molecule has 0 amide bonds. The number of hydrogen-bond acceptors (Lipinski definition) is 4. The number of aryl methyl sites for hydroxylation is 1. The maximum atomic E-state index is 5.85. The number of hydrogen-bond donors (Lipinski definition) is 0. The zero-order chi connectivity index (χ0) is 12.4. The molecule has 1 aromatic carbocycles. The summed E-state index contributed by atoms with van der Waals surface area (Å²) in [5.41, 5.74) is 2.94. The second-order valence-electron chi connectivity index (χ2n) is 3.51. The smallest absolute Gasteiger partial charge is 0.184 e. The predicted octanol–water partition coefficient (Wildman–Crippen LogP) is 3.79. The van der Waals surface area contributed by atoms with E-state index in [0.717, 1.165) is 22.6 Å². The summed E-state index contributed by atoms with van der Waals surface area (Å²) in [5, 5.41) is 1.93. The van der Waals surface area contributed by atoms with Gasteiger partial charge in [0.05, 0.1) is 19.9 Å². The van der Waals surface area contributed by atoms with Crippen LogP contribution in [0, 0.1) is 6.92 Å². The van der Waals surface area contributed by atoms with E-state index in [0.29, 0.717) is 10.2 Å². The van der Waals surface area contributed by atoms with Gasteiger partial charge >= 0.3 is 0 Å². The Morgan fingerprint density at radius 3 is 2.35 bits per heavy atom. The van der Waals surface area contributed by atoms with Crippen LogP contribution in [0.5, 0.6) is 11.5 Å². The number of nitrogens with zero attached hydrogens (tertiary/aromatic N) is 1. The molecule has 5 heteroatoms. The number of rotatable bonds is 3. The third-order valence-corrected chi connectivity index (χ3v) is 3.46. The second kappa shape index (κ2) is 4.94. The molecule has 0 aliphatic rings. The minimum Gasteiger partial charge on any atom is -0.493 e. The van der Waals surface area contributed by atoms with E-state index in [1.807, 2.05) is 24.4 Å². The summed E-state index contributed by atoms with van der Waals surface area (Å²) in [7, 11) is 3.24. The number of halogens is 1. The zero-order valence-corrected chi connectivity index (χ0v) is 11.4. The first-order valence-corrected chi connectivity index (χ1v) is 6.25. The molecule has 0 spiro atoms. The zero-order valence-electron chi connectivity index (χ0n) is 9.78. The van der Waals surface area contributed by atoms with Crippen molar-refractivity contribution in [3.05, 3.63) is 27.5 Å². The molecule has 0 atom stereocenters. The Labute approximate surface area is 109 Å². The molecule has 0 radical (unpaired) electrons. The highest BCUT2D eigenvalue weighted by Crippen LogP contribution is 2.36. The van der Waals surface area contributed by atoms with Crippen LogP contribution >= 0.6 is 22.9 Å².